The first-order valence-electron chi connectivity index (χ1n) is 9.54. The molecule has 28 heavy (non-hydrogen) atoms. The molecular weight excluding hydrogens is 400 g/mol. The molecule has 2 aliphatic rings. The third-order valence-electron chi connectivity index (χ3n) is 5.21. The average molecular weight is 423 g/mol. The zero-order chi connectivity index (χ0) is 19.7. The topological polar surface area (TPSA) is 83.6 Å². The molecule has 1 aliphatic heterocycles. The maximum atomic E-state index is 12.1. The van der Waals surface area contributed by atoms with E-state index in [-0.39, 0.29) is 18.1 Å². The van der Waals surface area contributed by atoms with E-state index >= 15 is 0 Å². The largest absolute Gasteiger partial charge is 0.446 e. The molecule has 2 aromatic rings. The van der Waals surface area contributed by atoms with Crippen molar-refractivity contribution in [2.45, 2.75) is 31.8 Å². The summed E-state index contributed by atoms with van der Waals surface area (Å²) < 4.78 is 6.34. The molecule has 0 unspecified atom stereocenters. The van der Waals surface area contributed by atoms with Gasteiger partial charge in [0, 0.05) is 51.0 Å². The minimum atomic E-state index is -0.318. The number of amides is 2. The summed E-state index contributed by atoms with van der Waals surface area (Å²) in [7, 11) is 1.60. The molecule has 7 nitrogen and oxygen atoms in total. The van der Waals surface area contributed by atoms with Gasteiger partial charge in [0.25, 0.3) is 5.91 Å². The predicted octanol–water partition coefficient (Wildman–Crippen LogP) is 3.41. The maximum Gasteiger partial charge on any atom is 0.407 e. The molecule has 1 saturated heterocycles. The van der Waals surface area contributed by atoms with Gasteiger partial charge in [0.2, 0.25) is 0 Å². The van der Waals surface area contributed by atoms with Crippen LogP contribution >= 0.6 is 22.9 Å². The highest BCUT2D eigenvalue weighted by atomic mass is 35.5. The number of ether oxygens (including phenoxy) is 1. The summed E-state index contributed by atoms with van der Waals surface area (Å²) >= 11 is 7.86. The first-order chi connectivity index (χ1) is 13.5. The van der Waals surface area contributed by atoms with Gasteiger partial charge in [0.1, 0.15) is 11.9 Å². The predicted molar refractivity (Wildman–Crippen MR) is 110 cm³/mol. The Morgan fingerprint density at radius 2 is 2.07 bits per heavy atom. The highest BCUT2D eigenvalue weighted by Gasteiger charge is 2.26. The van der Waals surface area contributed by atoms with Gasteiger partial charge in [0.15, 0.2) is 0 Å². The molecule has 1 aliphatic carbocycles. The Morgan fingerprint density at radius 1 is 1.32 bits per heavy atom. The second-order valence-electron chi connectivity index (χ2n) is 7.28. The number of fused-ring (bicyclic) bond motifs is 1. The summed E-state index contributed by atoms with van der Waals surface area (Å²) in [5.41, 5.74) is 1.17. The van der Waals surface area contributed by atoms with Gasteiger partial charge in [-0.1, -0.05) is 11.6 Å². The molecule has 2 N–H and O–H groups in total. The number of carbonyl (C=O) groups is 2. The van der Waals surface area contributed by atoms with Crippen LogP contribution in [0.15, 0.2) is 11.4 Å². The van der Waals surface area contributed by atoms with Gasteiger partial charge in [0.05, 0.1) is 20.8 Å². The Labute approximate surface area is 172 Å². The number of rotatable bonds is 5. The third-order valence-corrected chi connectivity index (χ3v) is 6.62. The van der Waals surface area contributed by atoms with Crippen LogP contribution in [0.25, 0.3) is 10.2 Å². The lowest BCUT2D eigenvalue weighted by atomic mass is 10.1. The number of piperidine rings is 1. The molecule has 0 atom stereocenters. The van der Waals surface area contributed by atoms with E-state index in [0.717, 1.165) is 36.4 Å². The quantitative estimate of drug-likeness (QED) is 0.771. The van der Waals surface area contributed by atoms with Crippen molar-refractivity contribution in [1.82, 2.24) is 15.6 Å². The molecule has 0 aromatic carbocycles. The third kappa shape index (κ3) is 4.17. The molecule has 2 amide bonds. The summed E-state index contributed by atoms with van der Waals surface area (Å²) in [6, 6.07) is 1.84. The Hall–Kier alpha value is -2.06. The van der Waals surface area contributed by atoms with Gasteiger partial charge in [-0.25, -0.2) is 9.78 Å². The Balaban J connectivity index is 1.40. The molecule has 0 bridgehead atoms. The van der Waals surface area contributed by atoms with Crippen molar-refractivity contribution in [3.05, 3.63) is 22.0 Å². The number of hydrogen-bond donors (Lipinski definition) is 2. The molecule has 1 saturated carbocycles. The number of anilines is 1. The summed E-state index contributed by atoms with van der Waals surface area (Å²) in [4.78, 5) is 30.8. The molecule has 0 radical (unpaired) electrons. The average Bonchev–Trinajstić information content (AvgIpc) is 3.43. The Bertz CT molecular complexity index is 891. The molecule has 2 aromatic heterocycles. The molecule has 9 heteroatoms. The van der Waals surface area contributed by atoms with Gasteiger partial charge >= 0.3 is 6.09 Å². The second kappa shape index (κ2) is 8.13. The van der Waals surface area contributed by atoms with Crippen molar-refractivity contribution >= 4 is 51.0 Å². The molecule has 3 heterocycles. The lowest BCUT2D eigenvalue weighted by Gasteiger charge is -2.32. The lowest BCUT2D eigenvalue weighted by molar-refractivity contribution is 0.0829. The highest BCUT2D eigenvalue weighted by molar-refractivity contribution is 7.18. The van der Waals surface area contributed by atoms with Crippen molar-refractivity contribution in [1.29, 1.82) is 0 Å². The van der Waals surface area contributed by atoms with E-state index in [1.807, 2.05) is 6.07 Å². The van der Waals surface area contributed by atoms with Gasteiger partial charge in [-0.2, -0.15) is 0 Å². The number of pyridine rings is 1. The van der Waals surface area contributed by atoms with Crippen LogP contribution in [-0.2, 0) is 4.74 Å². The van der Waals surface area contributed by atoms with Gasteiger partial charge in [-0.05, 0) is 18.8 Å². The molecular formula is C19H23ClN4O3S. The van der Waals surface area contributed by atoms with Crippen LogP contribution in [0, 0.1) is 5.92 Å². The number of aromatic nitrogens is 1. The van der Waals surface area contributed by atoms with Crippen LogP contribution < -0.4 is 15.5 Å². The number of alkyl carbamates (subject to hydrolysis) is 1. The molecule has 4 rings (SSSR count). The Morgan fingerprint density at radius 3 is 2.75 bits per heavy atom. The van der Waals surface area contributed by atoms with Gasteiger partial charge in [-0.15, -0.1) is 11.3 Å². The zero-order valence-corrected chi connectivity index (χ0v) is 17.2. The van der Waals surface area contributed by atoms with Crippen molar-refractivity contribution in [3.8, 4) is 0 Å². The fourth-order valence-electron chi connectivity index (χ4n) is 3.36. The summed E-state index contributed by atoms with van der Waals surface area (Å²) in [5, 5.41) is 7.86. The van der Waals surface area contributed by atoms with E-state index in [1.165, 1.54) is 24.2 Å². The standard InChI is InChI=1S/C19H23ClN4O3S/c1-21-18(25)13-10-28-17-14(20)8-15(23-16(13)17)24-6-4-12(5-7-24)27-19(26)22-9-11-2-3-11/h8,10-12H,2-7,9H2,1H3,(H,21,25)(H,22,26). The number of halogens is 1. The van der Waals surface area contributed by atoms with Crippen LogP contribution in [0.3, 0.4) is 0 Å². The van der Waals surface area contributed by atoms with E-state index in [1.54, 1.807) is 12.4 Å². The monoisotopic (exact) mass is 422 g/mol. The molecule has 150 valence electrons. The smallest absolute Gasteiger partial charge is 0.407 e. The zero-order valence-electron chi connectivity index (χ0n) is 15.7. The molecule has 2 fully saturated rings. The normalized spacial score (nSPS) is 17.6. The van der Waals surface area contributed by atoms with Gasteiger partial charge < -0.3 is 20.3 Å². The van der Waals surface area contributed by atoms with Gasteiger partial charge in [-0.3, -0.25) is 4.79 Å². The second-order valence-corrected chi connectivity index (χ2v) is 8.57. The fraction of sp³-hybridized carbons (Fsp3) is 0.526. The number of nitrogens with zero attached hydrogens (tertiary/aromatic N) is 2. The van der Waals surface area contributed by atoms with E-state index in [9.17, 15) is 9.59 Å². The van der Waals surface area contributed by atoms with Crippen LogP contribution in [0.2, 0.25) is 5.02 Å². The van der Waals surface area contributed by atoms with Crippen molar-refractivity contribution in [2.75, 3.05) is 31.6 Å². The minimum absolute atomic E-state index is 0.0859. The van der Waals surface area contributed by atoms with E-state index in [4.69, 9.17) is 21.3 Å². The van der Waals surface area contributed by atoms with Crippen LogP contribution in [-0.4, -0.2) is 49.8 Å². The number of carbonyl (C=O) groups excluding carboxylic acids is 2. The maximum absolute atomic E-state index is 12.1. The van der Waals surface area contributed by atoms with E-state index < -0.39 is 0 Å². The van der Waals surface area contributed by atoms with Crippen LogP contribution in [0.5, 0.6) is 0 Å². The van der Waals surface area contributed by atoms with Crippen LogP contribution in [0.1, 0.15) is 36.0 Å². The summed E-state index contributed by atoms with van der Waals surface area (Å²) in [6.07, 6.45) is 3.47. The van der Waals surface area contributed by atoms with Crippen LogP contribution in [0.4, 0.5) is 10.6 Å². The number of nitrogens with one attached hydrogen (secondary N) is 2. The Kier molecular flexibility index (Phi) is 5.59. The highest BCUT2D eigenvalue weighted by Crippen LogP contribution is 2.34. The van der Waals surface area contributed by atoms with E-state index in [2.05, 4.69) is 15.5 Å². The molecule has 0 spiro atoms. The van der Waals surface area contributed by atoms with E-state index in [0.29, 0.717) is 28.6 Å². The summed E-state index contributed by atoms with van der Waals surface area (Å²) in [6.45, 7) is 2.15. The fourth-order valence-corrected chi connectivity index (χ4v) is 4.57. The SMILES string of the molecule is CNC(=O)c1csc2c(Cl)cc(N3CCC(OC(=O)NCC4CC4)CC3)nc12. The first kappa shape index (κ1) is 19.3. The van der Waals surface area contributed by atoms with Crippen molar-refractivity contribution in [3.63, 3.8) is 0 Å². The van der Waals surface area contributed by atoms with Crippen molar-refractivity contribution < 1.29 is 14.3 Å². The number of hydrogen-bond acceptors (Lipinski definition) is 6. The van der Waals surface area contributed by atoms with Crippen molar-refractivity contribution in [2.24, 2.45) is 5.92 Å². The first-order valence-corrected chi connectivity index (χ1v) is 10.8. The minimum Gasteiger partial charge on any atom is -0.446 e. The lowest BCUT2D eigenvalue weighted by Crippen LogP contribution is -2.40. The number of thiophene rings is 1. The summed E-state index contributed by atoms with van der Waals surface area (Å²) in [5.74, 6) is 1.21.